The van der Waals surface area contributed by atoms with Crippen molar-refractivity contribution >= 4 is 21.6 Å². The Labute approximate surface area is 153 Å². The molecule has 0 aliphatic heterocycles. The molecular formula is C18H22N4O3S. The van der Waals surface area contributed by atoms with Crippen LogP contribution in [-0.2, 0) is 21.2 Å². The van der Waals surface area contributed by atoms with E-state index in [9.17, 15) is 13.2 Å². The number of sulfonamides is 1. The number of nitrogens with zero attached hydrogens (tertiary/aromatic N) is 2. The number of benzene rings is 1. The Kier molecular flexibility index (Phi) is 5.24. The molecule has 3 N–H and O–H groups in total. The lowest BCUT2D eigenvalue weighted by atomic mass is 9.87. The number of fused-ring (bicyclic) bond motifs is 1. The second-order valence-corrected chi connectivity index (χ2v) is 8.47. The van der Waals surface area contributed by atoms with Crippen LogP contribution in [0.4, 0.5) is 5.69 Å². The first-order valence-corrected chi connectivity index (χ1v) is 9.86. The smallest absolute Gasteiger partial charge is 0.244 e. The summed E-state index contributed by atoms with van der Waals surface area (Å²) in [5.74, 6) is -0.338. The molecule has 1 aliphatic rings. The third-order valence-electron chi connectivity index (χ3n) is 4.53. The first-order chi connectivity index (χ1) is 12.4. The van der Waals surface area contributed by atoms with Crippen molar-refractivity contribution in [2.45, 2.75) is 30.2 Å². The normalized spacial score (nSPS) is 16.9. The molecule has 1 aromatic carbocycles. The number of carbonyl (C=O) groups excluding carboxylic acids is 1. The molecule has 1 amide bonds. The number of aromatic nitrogens is 1. The van der Waals surface area contributed by atoms with Crippen molar-refractivity contribution in [1.29, 1.82) is 0 Å². The zero-order valence-electron chi connectivity index (χ0n) is 14.6. The van der Waals surface area contributed by atoms with E-state index >= 15 is 0 Å². The third-order valence-corrected chi connectivity index (χ3v) is 6.31. The highest BCUT2D eigenvalue weighted by Crippen LogP contribution is 2.30. The van der Waals surface area contributed by atoms with Gasteiger partial charge in [0.15, 0.2) is 0 Å². The maximum absolute atomic E-state index is 12.5. The van der Waals surface area contributed by atoms with Crippen molar-refractivity contribution in [1.82, 2.24) is 14.6 Å². The quantitative estimate of drug-likeness (QED) is 0.771. The van der Waals surface area contributed by atoms with E-state index < -0.39 is 10.0 Å². The topological polar surface area (TPSA) is 105 Å². The first-order valence-electron chi connectivity index (χ1n) is 8.42. The SMILES string of the molecule is CN(CC(=O)NC1CCCc2cc(N)ccc21)S(=O)(=O)c1cccnc1. The summed E-state index contributed by atoms with van der Waals surface area (Å²) in [7, 11) is -2.36. The molecule has 138 valence electrons. The molecule has 1 atom stereocenters. The minimum absolute atomic E-state index is 0.0637. The summed E-state index contributed by atoms with van der Waals surface area (Å²) < 4.78 is 26.0. The maximum atomic E-state index is 12.5. The molecule has 1 unspecified atom stereocenters. The second kappa shape index (κ2) is 7.43. The van der Waals surface area contributed by atoms with Gasteiger partial charge in [0.25, 0.3) is 0 Å². The van der Waals surface area contributed by atoms with Gasteiger partial charge in [0.05, 0.1) is 12.6 Å². The Balaban J connectivity index is 1.68. The molecule has 1 heterocycles. The second-order valence-electron chi connectivity index (χ2n) is 6.42. The number of aryl methyl sites for hydroxylation is 1. The molecule has 26 heavy (non-hydrogen) atoms. The lowest BCUT2D eigenvalue weighted by Crippen LogP contribution is -2.40. The summed E-state index contributed by atoms with van der Waals surface area (Å²) in [4.78, 5) is 16.3. The average molecular weight is 374 g/mol. The lowest BCUT2D eigenvalue weighted by Gasteiger charge is -2.27. The number of hydrogen-bond donors (Lipinski definition) is 2. The van der Waals surface area contributed by atoms with E-state index in [1.807, 2.05) is 18.2 Å². The van der Waals surface area contributed by atoms with Crippen molar-refractivity contribution in [3.63, 3.8) is 0 Å². The monoisotopic (exact) mass is 374 g/mol. The van der Waals surface area contributed by atoms with Crippen LogP contribution in [0.5, 0.6) is 0 Å². The number of anilines is 1. The highest BCUT2D eigenvalue weighted by molar-refractivity contribution is 7.89. The number of nitrogens with two attached hydrogens (primary N) is 1. The van der Waals surface area contributed by atoms with Gasteiger partial charge >= 0.3 is 0 Å². The zero-order valence-corrected chi connectivity index (χ0v) is 15.4. The molecule has 8 heteroatoms. The Bertz CT molecular complexity index is 900. The highest BCUT2D eigenvalue weighted by atomic mass is 32.2. The van der Waals surface area contributed by atoms with Gasteiger partial charge in [-0.05, 0) is 54.7 Å². The molecule has 7 nitrogen and oxygen atoms in total. The lowest BCUT2D eigenvalue weighted by molar-refractivity contribution is -0.122. The van der Waals surface area contributed by atoms with Crippen molar-refractivity contribution in [3.05, 3.63) is 53.9 Å². The molecular weight excluding hydrogens is 352 g/mol. The highest BCUT2D eigenvalue weighted by Gasteiger charge is 2.26. The van der Waals surface area contributed by atoms with Gasteiger partial charge in [-0.2, -0.15) is 4.31 Å². The molecule has 0 saturated carbocycles. The molecule has 1 aromatic heterocycles. The molecule has 0 spiro atoms. The number of carbonyl (C=O) groups is 1. The minimum Gasteiger partial charge on any atom is -0.399 e. The summed E-state index contributed by atoms with van der Waals surface area (Å²) in [6, 6.07) is 8.57. The van der Waals surface area contributed by atoms with Crippen LogP contribution in [0.15, 0.2) is 47.6 Å². The molecule has 1 aliphatic carbocycles. The van der Waals surface area contributed by atoms with E-state index in [0.29, 0.717) is 5.69 Å². The first kappa shape index (κ1) is 18.3. The fourth-order valence-corrected chi connectivity index (χ4v) is 4.28. The van der Waals surface area contributed by atoms with Crippen LogP contribution < -0.4 is 11.1 Å². The molecule has 0 fully saturated rings. The van der Waals surface area contributed by atoms with E-state index in [-0.39, 0.29) is 23.4 Å². The van der Waals surface area contributed by atoms with E-state index in [0.717, 1.165) is 34.7 Å². The summed E-state index contributed by atoms with van der Waals surface area (Å²) in [5.41, 5.74) is 8.73. The number of hydrogen-bond acceptors (Lipinski definition) is 5. The summed E-state index contributed by atoms with van der Waals surface area (Å²) in [5, 5.41) is 2.95. The van der Waals surface area contributed by atoms with Gasteiger partial charge in [-0.25, -0.2) is 8.42 Å². The van der Waals surface area contributed by atoms with Gasteiger partial charge in [0.1, 0.15) is 4.90 Å². The maximum Gasteiger partial charge on any atom is 0.244 e. The van der Waals surface area contributed by atoms with Crippen molar-refractivity contribution < 1.29 is 13.2 Å². The fraction of sp³-hybridized carbons (Fsp3) is 0.333. The average Bonchev–Trinajstić information content (AvgIpc) is 2.62. The fourth-order valence-electron chi connectivity index (χ4n) is 3.19. The number of likely N-dealkylation sites (N-methyl/N-ethyl adjacent to an activating group) is 1. The molecule has 0 bridgehead atoms. The van der Waals surface area contributed by atoms with Crippen LogP contribution in [0.1, 0.15) is 30.0 Å². The Hall–Kier alpha value is -2.45. The molecule has 2 aromatic rings. The van der Waals surface area contributed by atoms with E-state index in [1.165, 1.54) is 25.5 Å². The van der Waals surface area contributed by atoms with Gasteiger partial charge < -0.3 is 11.1 Å². The Morgan fingerprint density at radius 3 is 2.92 bits per heavy atom. The Morgan fingerprint density at radius 1 is 1.38 bits per heavy atom. The zero-order chi connectivity index (χ0) is 18.7. The van der Waals surface area contributed by atoms with Gasteiger partial charge in [0.2, 0.25) is 15.9 Å². The largest absolute Gasteiger partial charge is 0.399 e. The predicted molar refractivity (Wildman–Crippen MR) is 98.7 cm³/mol. The van der Waals surface area contributed by atoms with Crippen LogP contribution in [0.2, 0.25) is 0 Å². The van der Waals surface area contributed by atoms with Crippen LogP contribution in [0.25, 0.3) is 0 Å². The van der Waals surface area contributed by atoms with Gasteiger partial charge in [-0.3, -0.25) is 9.78 Å². The predicted octanol–water partition coefficient (Wildman–Crippen LogP) is 1.48. The standard InChI is InChI=1S/C18H22N4O3S/c1-22(26(24,25)15-5-3-9-20-11-15)12-18(23)21-17-6-2-4-13-10-14(19)7-8-16(13)17/h3,5,7-11,17H,2,4,6,12,19H2,1H3,(H,21,23). The number of nitrogens with one attached hydrogen (secondary N) is 1. The number of pyridine rings is 1. The molecule has 0 radical (unpaired) electrons. The van der Waals surface area contributed by atoms with Crippen molar-refractivity contribution in [2.24, 2.45) is 0 Å². The summed E-state index contributed by atoms with van der Waals surface area (Å²) in [6.45, 7) is -0.252. The minimum atomic E-state index is -3.75. The number of rotatable bonds is 5. The van der Waals surface area contributed by atoms with Crippen LogP contribution >= 0.6 is 0 Å². The van der Waals surface area contributed by atoms with E-state index in [4.69, 9.17) is 5.73 Å². The van der Waals surface area contributed by atoms with Crippen molar-refractivity contribution in [3.8, 4) is 0 Å². The summed E-state index contributed by atoms with van der Waals surface area (Å²) in [6.07, 6.45) is 5.47. The van der Waals surface area contributed by atoms with E-state index in [1.54, 1.807) is 6.07 Å². The van der Waals surface area contributed by atoms with Crippen LogP contribution in [-0.4, -0.2) is 37.2 Å². The van der Waals surface area contributed by atoms with Gasteiger partial charge in [-0.1, -0.05) is 6.07 Å². The third kappa shape index (κ3) is 3.86. The van der Waals surface area contributed by atoms with Gasteiger partial charge in [-0.15, -0.1) is 0 Å². The number of amides is 1. The molecule has 0 saturated heterocycles. The van der Waals surface area contributed by atoms with E-state index in [2.05, 4.69) is 10.3 Å². The van der Waals surface area contributed by atoms with Gasteiger partial charge in [0, 0.05) is 25.1 Å². The van der Waals surface area contributed by atoms with Crippen molar-refractivity contribution in [2.75, 3.05) is 19.3 Å². The van der Waals surface area contributed by atoms with Crippen LogP contribution in [0.3, 0.4) is 0 Å². The summed E-state index contributed by atoms with van der Waals surface area (Å²) >= 11 is 0. The van der Waals surface area contributed by atoms with Crippen LogP contribution in [0, 0.1) is 0 Å². The Morgan fingerprint density at radius 2 is 2.19 bits per heavy atom. The number of nitrogen functional groups attached to an aromatic ring is 1. The molecule has 3 rings (SSSR count).